The highest BCUT2D eigenvalue weighted by molar-refractivity contribution is 5.78. The molecular weight excluding hydrogens is 190 g/mol. The van der Waals surface area contributed by atoms with Crippen LogP contribution < -0.4 is 0 Å². The molecule has 4 heteroatoms. The van der Waals surface area contributed by atoms with Gasteiger partial charge in [0, 0.05) is 19.6 Å². The molecule has 1 aliphatic heterocycles. The highest BCUT2D eigenvalue weighted by Gasteiger charge is 2.21. The second-order valence-corrected chi connectivity index (χ2v) is 4.41. The molecule has 0 aromatic rings. The van der Waals surface area contributed by atoms with Gasteiger partial charge in [0.15, 0.2) is 0 Å². The summed E-state index contributed by atoms with van der Waals surface area (Å²) in [5.74, 6) is 0.286. The maximum absolute atomic E-state index is 11.6. The summed E-state index contributed by atoms with van der Waals surface area (Å²) in [6.07, 6.45) is 1.15. The number of nitrogens with zero attached hydrogens (tertiary/aromatic N) is 3. The zero-order valence-corrected chi connectivity index (χ0v) is 10.2. The van der Waals surface area contributed by atoms with Gasteiger partial charge < -0.3 is 9.80 Å². The second kappa shape index (κ2) is 6.08. The zero-order valence-electron chi connectivity index (χ0n) is 10.2. The summed E-state index contributed by atoms with van der Waals surface area (Å²) in [7, 11) is 4.17. The van der Waals surface area contributed by atoms with Gasteiger partial charge in [0.05, 0.1) is 6.54 Å². The predicted molar refractivity (Wildman–Crippen MR) is 61.9 cm³/mol. The van der Waals surface area contributed by atoms with Crippen molar-refractivity contribution in [2.24, 2.45) is 0 Å². The fraction of sp³-hybridized carbons (Fsp3) is 0.909. The molecule has 0 N–H and O–H groups in total. The number of rotatable bonds is 5. The van der Waals surface area contributed by atoms with Crippen LogP contribution in [0.1, 0.15) is 13.3 Å². The Bertz CT molecular complexity index is 206. The van der Waals surface area contributed by atoms with E-state index in [1.165, 1.54) is 0 Å². The molecule has 15 heavy (non-hydrogen) atoms. The van der Waals surface area contributed by atoms with Crippen LogP contribution in [0.25, 0.3) is 0 Å². The van der Waals surface area contributed by atoms with Crippen LogP contribution >= 0.6 is 0 Å². The molecule has 1 aliphatic rings. The topological polar surface area (TPSA) is 26.8 Å². The van der Waals surface area contributed by atoms with Gasteiger partial charge in [0.2, 0.25) is 5.91 Å². The summed E-state index contributed by atoms with van der Waals surface area (Å²) in [5, 5.41) is 0. The van der Waals surface area contributed by atoms with Gasteiger partial charge in [-0.2, -0.15) is 0 Å². The summed E-state index contributed by atoms with van der Waals surface area (Å²) in [4.78, 5) is 18.0. The molecule has 0 aromatic carbocycles. The van der Waals surface area contributed by atoms with E-state index in [0.717, 1.165) is 39.1 Å². The molecule has 88 valence electrons. The second-order valence-electron chi connectivity index (χ2n) is 4.41. The van der Waals surface area contributed by atoms with Crippen LogP contribution in [0.5, 0.6) is 0 Å². The molecule has 1 rings (SSSR count). The molecule has 0 aliphatic carbocycles. The average molecular weight is 213 g/mol. The van der Waals surface area contributed by atoms with Gasteiger partial charge in [-0.05, 0) is 40.5 Å². The Morgan fingerprint density at radius 3 is 2.60 bits per heavy atom. The van der Waals surface area contributed by atoms with Crippen molar-refractivity contribution in [3.8, 4) is 0 Å². The smallest absolute Gasteiger partial charge is 0.236 e. The summed E-state index contributed by atoms with van der Waals surface area (Å²) in [5.41, 5.74) is 0. The van der Waals surface area contributed by atoms with E-state index >= 15 is 0 Å². The van der Waals surface area contributed by atoms with Gasteiger partial charge in [-0.1, -0.05) is 0 Å². The highest BCUT2D eigenvalue weighted by atomic mass is 16.2. The Morgan fingerprint density at radius 2 is 2.07 bits per heavy atom. The van der Waals surface area contributed by atoms with Gasteiger partial charge in [-0.25, -0.2) is 0 Å². The predicted octanol–water partition coefficient (Wildman–Crippen LogP) is 0.102. The first-order valence-corrected chi connectivity index (χ1v) is 5.78. The number of hydrogen-bond donors (Lipinski definition) is 0. The molecule has 0 spiro atoms. The molecule has 0 radical (unpaired) electrons. The molecule has 0 saturated carbocycles. The van der Waals surface area contributed by atoms with Crippen LogP contribution in [0.2, 0.25) is 0 Å². The van der Waals surface area contributed by atoms with Gasteiger partial charge in [0.25, 0.3) is 0 Å². The van der Waals surface area contributed by atoms with Crippen molar-refractivity contribution in [2.75, 3.05) is 53.4 Å². The quantitative estimate of drug-likeness (QED) is 0.648. The van der Waals surface area contributed by atoms with Crippen LogP contribution in [-0.4, -0.2) is 74.0 Å². The van der Waals surface area contributed by atoms with Gasteiger partial charge in [-0.3, -0.25) is 9.69 Å². The summed E-state index contributed by atoms with van der Waals surface area (Å²) >= 11 is 0. The normalized spacial score (nSPS) is 18.9. The summed E-state index contributed by atoms with van der Waals surface area (Å²) in [6, 6.07) is 0. The largest absolute Gasteiger partial charge is 0.341 e. The van der Waals surface area contributed by atoms with E-state index in [9.17, 15) is 4.79 Å². The highest BCUT2D eigenvalue weighted by Crippen LogP contribution is 2.03. The Hall–Kier alpha value is -0.610. The Balaban J connectivity index is 2.20. The molecule has 1 fully saturated rings. The van der Waals surface area contributed by atoms with E-state index < -0.39 is 0 Å². The molecule has 4 nitrogen and oxygen atoms in total. The van der Waals surface area contributed by atoms with Crippen molar-refractivity contribution in [3.63, 3.8) is 0 Å². The van der Waals surface area contributed by atoms with E-state index in [1.54, 1.807) is 0 Å². The fourth-order valence-electron chi connectivity index (χ4n) is 1.89. The lowest BCUT2D eigenvalue weighted by molar-refractivity contribution is -0.135. The third kappa shape index (κ3) is 4.18. The lowest BCUT2D eigenvalue weighted by Gasteiger charge is -2.33. The van der Waals surface area contributed by atoms with Crippen molar-refractivity contribution >= 4 is 5.91 Å². The first-order valence-electron chi connectivity index (χ1n) is 5.78. The van der Waals surface area contributed by atoms with E-state index in [1.807, 2.05) is 11.8 Å². The number of carbonyl (C=O) groups excluding carboxylic acids is 1. The Morgan fingerprint density at radius 1 is 1.33 bits per heavy atom. The third-order valence-electron chi connectivity index (χ3n) is 2.86. The number of piperazine rings is 1. The molecule has 0 unspecified atom stereocenters. The molecule has 1 saturated heterocycles. The van der Waals surface area contributed by atoms with Gasteiger partial charge >= 0.3 is 0 Å². The summed E-state index contributed by atoms with van der Waals surface area (Å²) < 4.78 is 0. The number of carbonyl (C=O) groups is 1. The van der Waals surface area contributed by atoms with Crippen LogP contribution in [0, 0.1) is 0 Å². The third-order valence-corrected chi connectivity index (χ3v) is 2.86. The van der Waals surface area contributed by atoms with E-state index in [4.69, 9.17) is 0 Å². The van der Waals surface area contributed by atoms with Crippen LogP contribution in [0.3, 0.4) is 0 Å². The van der Waals surface area contributed by atoms with Crippen molar-refractivity contribution in [1.82, 2.24) is 14.7 Å². The standard InChI is InChI=1S/C11H23N3O/c1-4-14-9-8-13(10-11(14)15)7-5-6-12(2)3/h4-10H2,1-3H3. The van der Waals surface area contributed by atoms with Gasteiger partial charge in [-0.15, -0.1) is 0 Å². The Labute approximate surface area is 92.8 Å². The van der Waals surface area contributed by atoms with Crippen LogP contribution in [-0.2, 0) is 4.79 Å². The number of amides is 1. The average Bonchev–Trinajstić information content (AvgIpc) is 2.17. The lowest BCUT2D eigenvalue weighted by Crippen LogP contribution is -2.50. The molecule has 0 bridgehead atoms. The first-order chi connectivity index (χ1) is 7.13. The minimum absolute atomic E-state index is 0.286. The number of hydrogen-bond acceptors (Lipinski definition) is 3. The van der Waals surface area contributed by atoms with E-state index in [0.29, 0.717) is 6.54 Å². The molecule has 0 atom stereocenters. The zero-order chi connectivity index (χ0) is 11.3. The van der Waals surface area contributed by atoms with Crippen molar-refractivity contribution in [2.45, 2.75) is 13.3 Å². The van der Waals surface area contributed by atoms with E-state index in [2.05, 4.69) is 23.9 Å². The monoisotopic (exact) mass is 213 g/mol. The molecule has 1 amide bonds. The maximum atomic E-state index is 11.6. The van der Waals surface area contributed by atoms with Crippen LogP contribution in [0.15, 0.2) is 0 Å². The summed E-state index contributed by atoms with van der Waals surface area (Å²) in [6.45, 7) is 7.58. The van der Waals surface area contributed by atoms with Crippen molar-refractivity contribution < 1.29 is 4.79 Å². The molecule has 0 aromatic heterocycles. The fourth-order valence-corrected chi connectivity index (χ4v) is 1.89. The van der Waals surface area contributed by atoms with Crippen LogP contribution in [0.4, 0.5) is 0 Å². The first kappa shape index (κ1) is 12.5. The molecular formula is C11H23N3O. The maximum Gasteiger partial charge on any atom is 0.236 e. The lowest BCUT2D eigenvalue weighted by atomic mass is 10.2. The SMILES string of the molecule is CCN1CCN(CCCN(C)C)CC1=O. The Kier molecular flexibility index (Phi) is 5.05. The van der Waals surface area contributed by atoms with E-state index in [-0.39, 0.29) is 5.91 Å². The van der Waals surface area contributed by atoms with Gasteiger partial charge in [0.1, 0.15) is 0 Å². The molecule has 1 heterocycles. The minimum Gasteiger partial charge on any atom is -0.341 e. The van der Waals surface area contributed by atoms with Crippen molar-refractivity contribution in [3.05, 3.63) is 0 Å². The minimum atomic E-state index is 0.286. The number of likely N-dealkylation sites (N-methyl/N-ethyl adjacent to an activating group) is 1. The van der Waals surface area contributed by atoms with Crippen molar-refractivity contribution in [1.29, 1.82) is 0 Å².